The van der Waals surface area contributed by atoms with Gasteiger partial charge in [-0.1, -0.05) is 0 Å². The van der Waals surface area contributed by atoms with Gasteiger partial charge in [-0.25, -0.2) is 0 Å². The van der Waals surface area contributed by atoms with Crippen LogP contribution in [0.5, 0.6) is 5.75 Å². The van der Waals surface area contributed by atoms with Crippen LogP contribution < -0.4 is 5.32 Å². The summed E-state index contributed by atoms with van der Waals surface area (Å²) in [6.45, 7) is 6.81. The van der Waals surface area contributed by atoms with Gasteiger partial charge in [-0.2, -0.15) is 0 Å². The zero-order valence-electron chi connectivity index (χ0n) is 12.2. The number of nitrogens with one attached hydrogen (secondary N) is 1. The van der Waals surface area contributed by atoms with Crippen molar-refractivity contribution in [2.45, 2.75) is 32.7 Å². The minimum absolute atomic E-state index is 0.0477. The molecule has 2 rings (SSSR count). The van der Waals surface area contributed by atoms with Gasteiger partial charge < -0.3 is 15.3 Å². The fourth-order valence-corrected chi connectivity index (χ4v) is 2.59. The summed E-state index contributed by atoms with van der Waals surface area (Å²) in [5, 5.41) is 13.1. The van der Waals surface area contributed by atoms with E-state index in [1.165, 1.54) is 12.4 Å². The highest BCUT2D eigenvalue weighted by molar-refractivity contribution is 5.96. The second-order valence-corrected chi connectivity index (χ2v) is 5.64. The van der Waals surface area contributed by atoms with E-state index in [2.05, 4.69) is 10.3 Å². The fraction of sp³-hybridized carbons (Fsp3) is 0.600. The number of piperidine rings is 1. The van der Waals surface area contributed by atoms with Crippen molar-refractivity contribution in [3.05, 3.63) is 24.0 Å². The molecule has 0 spiro atoms. The monoisotopic (exact) mass is 277 g/mol. The van der Waals surface area contributed by atoms with E-state index in [1.807, 2.05) is 18.7 Å². The molecule has 1 aromatic heterocycles. The van der Waals surface area contributed by atoms with Crippen LogP contribution in [0.3, 0.4) is 0 Å². The lowest BCUT2D eigenvalue weighted by molar-refractivity contribution is 0.0655. The van der Waals surface area contributed by atoms with Crippen molar-refractivity contribution in [1.29, 1.82) is 0 Å². The molecule has 0 saturated carbocycles. The van der Waals surface area contributed by atoms with Gasteiger partial charge >= 0.3 is 0 Å². The number of pyridine rings is 1. The van der Waals surface area contributed by atoms with Crippen LogP contribution >= 0.6 is 0 Å². The molecule has 1 saturated heterocycles. The molecular weight excluding hydrogens is 254 g/mol. The average Bonchev–Trinajstić information content (AvgIpc) is 2.45. The lowest BCUT2D eigenvalue weighted by Gasteiger charge is -2.33. The normalized spacial score (nSPS) is 16.4. The number of aromatic hydroxyl groups is 1. The summed E-state index contributed by atoms with van der Waals surface area (Å²) in [5.41, 5.74) is 0.336. The first-order chi connectivity index (χ1) is 9.59. The second kappa shape index (κ2) is 6.70. The molecule has 2 heterocycles. The Hall–Kier alpha value is -1.62. The summed E-state index contributed by atoms with van der Waals surface area (Å²) in [7, 11) is 0. The van der Waals surface area contributed by atoms with E-state index in [0.29, 0.717) is 11.5 Å². The topological polar surface area (TPSA) is 65.5 Å². The maximum Gasteiger partial charge on any atom is 0.257 e. The van der Waals surface area contributed by atoms with Gasteiger partial charge in [0.2, 0.25) is 0 Å². The Morgan fingerprint density at radius 3 is 2.80 bits per heavy atom. The summed E-state index contributed by atoms with van der Waals surface area (Å²) in [6, 6.07) is 1.69. The van der Waals surface area contributed by atoms with Crippen LogP contribution in [-0.2, 0) is 0 Å². The van der Waals surface area contributed by atoms with Crippen molar-refractivity contribution in [2.75, 3.05) is 19.6 Å². The number of hydrogen-bond donors (Lipinski definition) is 2. The number of carbonyl (C=O) groups is 1. The van der Waals surface area contributed by atoms with Gasteiger partial charge in [-0.05, 0) is 51.8 Å². The van der Waals surface area contributed by atoms with Crippen LogP contribution in [0, 0.1) is 5.92 Å². The third-order valence-electron chi connectivity index (χ3n) is 3.83. The summed E-state index contributed by atoms with van der Waals surface area (Å²) < 4.78 is 0. The molecular formula is C15H23N3O2. The number of hydrogen-bond acceptors (Lipinski definition) is 4. The smallest absolute Gasteiger partial charge is 0.257 e. The molecule has 0 unspecified atom stereocenters. The molecule has 5 nitrogen and oxygen atoms in total. The van der Waals surface area contributed by atoms with Crippen LogP contribution in [0.1, 0.15) is 37.0 Å². The summed E-state index contributed by atoms with van der Waals surface area (Å²) in [4.78, 5) is 18.3. The fourth-order valence-electron chi connectivity index (χ4n) is 2.59. The van der Waals surface area contributed by atoms with E-state index in [-0.39, 0.29) is 17.7 Å². The van der Waals surface area contributed by atoms with Crippen molar-refractivity contribution in [1.82, 2.24) is 15.2 Å². The van der Waals surface area contributed by atoms with Crippen LogP contribution in [0.4, 0.5) is 0 Å². The minimum Gasteiger partial charge on any atom is -0.505 e. The molecule has 110 valence electrons. The van der Waals surface area contributed by atoms with Gasteiger partial charge in [0.05, 0.1) is 11.8 Å². The molecule has 2 N–H and O–H groups in total. The Kier molecular flexibility index (Phi) is 4.95. The van der Waals surface area contributed by atoms with Crippen molar-refractivity contribution in [3.8, 4) is 5.75 Å². The van der Waals surface area contributed by atoms with Crippen LogP contribution in [0.2, 0.25) is 0 Å². The van der Waals surface area contributed by atoms with Gasteiger partial charge in [0.1, 0.15) is 5.75 Å². The molecule has 1 aliphatic heterocycles. The largest absolute Gasteiger partial charge is 0.505 e. The maximum absolute atomic E-state index is 12.6. The lowest BCUT2D eigenvalue weighted by Crippen LogP contribution is -2.43. The quantitative estimate of drug-likeness (QED) is 0.878. The summed E-state index contributed by atoms with van der Waals surface area (Å²) in [5.74, 6) is 0.374. The molecule has 5 heteroatoms. The molecule has 20 heavy (non-hydrogen) atoms. The first-order valence-corrected chi connectivity index (χ1v) is 7.24. The van der Waals surface area contributed by atoms with Gasteiger partial charge in [0, 0.05) is 18.8 Å². The average molecular weight is 277 g/mol. The number of amides is 1. The SMILES string of the molecule is CC(C)N(CC1CCNCC1)C(=O)c1ccncc1O. The maximum atomic E-state index is 12.6. The molecule has 0 radical (unpaired) electrons. The van der Waals surface area contributed by atoms with E-state index in [0.717, 1.165) is 32.5 Å². The Labute approximate surface area is 120 Å². The van der Waals surface area contributed by atoms with E-state index in [9.17, 15) is 9.90 Å². The molecule has 1 fully saturated rings. The third kappa shape index (κ3) is 3.48. The predicted octanol–water partition coefficient (Wildman–Crippen LogP) is 1.64. The van der Waals surface area contributed by atoms with Gasteiger partial charge in [0.15, 0.2) is 0 Å². The Balaban J connectivity index is 2.11. The van der Waals surface area contributed by atoms with Crippen molar-refractivity contribution < 1.29 is 9.90 Å². The van der Waals surface area contributed by atoms with Crippen LogP contribution in [0.25, 0.3) is 0 Å². The second-order valence-electron chi connectivity index (χ2n) is 5.64. The van der Waals surface area contributed by atoms with E-state index in [4.69, 9.17) is 0 Å². The first kappa shape index (κ1) is 14.8. The van der Waals surface area contributed by atoms with E-state index >= 15 is 0 Å². The highest BCUT2D eigenvalue weighted by atomic mass is 16.3. The molecule has 1 aromatic rings. The van der Waals surface area contributed by atoms with Crippen LogP contribution in [-0.4, -0.2) is 46.6 Å². The van der Waals surface area contributed by atoms with Crippen molar-refractivity contribution in [3.63, 3.8) is 0 Å². The Bertz CT molecular complexity index is 456. The summed E-state index contributed by atoms with van der Waals surface area (Å²) in [6.07, 6.45) is 5.05. The number of rotatable bonds is 4. The van der Waals surface area contributed by atoms with Gasteiger partial charge in [0.25, 0.3) is 5.91 Å². The van der Waals surface area contributed by atoms with Crippen molar-refractivity contribution >= 4 is 5.91 Å². The van der Waals surface area contributed by atoms with Crippen molar-refractivity contribution in [2.24, 2.45) is 5.92 Å². The summed E-state index contributed by atoms with van der Waals surface area (Å²) >= 11 is 0. The molecule has 0 bridgehead atoms. The number of aromatic nitrogens is 1. The predicted molar refractivity (Wildman–Crippen MR) is 77.7 cm³/mol. The minimum atomic E-state index is -0.113. The Morgan fingerprint density at radius 1 is 1.50 bits per heavy atom. The third-order valence-corrected chi connectivity index (χ3v) is 3.83. The van der Waals surface area contributed by atoms with E-state index < -0.39 is 0 Å². The molecule has 0 aliphatic carbocycles. The highest BCUT2D eigenvalue weighted by Gasteiger charge is 2.25. The van der Waals surface area contributed by atoms with Gasteiger partial charge in [-0.15, -0.1) is 0 Å². The Morgan fingerprint density at radius 2 is 2.20 bits per heavy atom. The molecule has 1 aliphatic rings. The van der Waals surface area contributed by atoms with Crippen LogP contribution in [0.15, 0.2) is 18.5 Å². The first-order valence-electron chi connectivity index (χ1n) is 7.24. The van der Waals surface area contributed by atoms with E-state index in [1.54, 1.807) is 6.07 Å². The number of carbonyl (C=O) groups excluding carboxylic acids is 1. The lowest BCUT2D eigenvalue weighted by atomic mass is 9.96. The highest BCUT2D eigenvalue weighted by Crippen LogP contribution is 2.21. The zero-order valence-corrected chi connectivity index (χ0v) is 12.2. The van der Waals surface area contributed by atoms with Gasteiger partial charge in [-0.3, -0.25) is 9.78 Å². The molecule has 0 atom stereocenters. The standard InChI is InChI=1S/C15H23N3O2/c1-11(2)18(10-12-3-6-16-7-4-12)15(20)13-5-8-17-9-14(13)19/h5,8-9,11-12,16,19H,3-4,6-7,10H2,1-2H3. The molecule has 0 aromatic carbocycles. The molecule has 1 amide bonds. The zero-order chi connectivity index (χ0) is 14.5. The number of nitrogens with zero attached hydrogens (tertiary/aromatic N) is 2.